The van der Waals surface area contributed by atoms with Crippen LogP contribution in [0, 0.1) is 0 Å². The van der Waals surface area contributed by atoms with Crippen molar-refractivity contribution in [2.24, 2.45) is 0 Å². The lowest BCUT2D eigenvalue weighted by Crippen LogP contribution is -2.34. The maximum atomic E-state index is 12.7. The van der Waals surface area contributed by atoms with Crippen LogP contribution in [0.2, 0.25) is 0 Å². The van der Waals surface area contributed by atoms with Crippen LogP contribution in [0.5, 0.6) is 5.75 Å². The van der Waals surface area contributed by atoms with Gasteiger partial charge >= 0.3 is 0 Å². The Morgan fingerprint density at radius 2 is 1.77 bits per heavy atom. The molecule has 0 unspecified atom stereocenters. The summed E-state index contributed by atoms with van der Waals surface area (Å²) < 4.78 is 11.3. The van der Waals surface area contributed by atoms with E-state index in [-0.39, 0.29) is 17.1 Å². The molecular weight excluding hydrogens is 470 g/mol. The van der Waals surface area contributed by atoms with Crippen LogP contribution in [0.15, 0.2) is 46.9 Å². The highest BCUT2D eigenvalue weighted by atomic mass is 79.9. The molecule has 160 valence electrons. The summed E-state index contributed by atoms with van der Waals surface area (Å²) in [5, 5.41) is 8.52. The number of rotatable bonds is 8. The van der Waals surface area contributed by atoms with Crippen LogP contribution in [0.4, 0.5) is 5.69 Å². The molecule has 7 nitrogen and oxygen atoms in total. The second kappa shape index (κ2) is 11.6. The minimum atomic E-state index is -0.408. The maximum Gasteiger partial charge on any atom is 0.261 e. The molecule has 9 heteroatoms. The lowest BCUT2D eigenvalue weighted by atomic mass is 10.2. The lowest BCUT2D eigenvalue weighted by Gasteiger charge is -2.14. The number of ether oxygens (including phenoxy) is 2. The summed E-state index contributed by atoms with van der Waals surface area (Å²) in [6, 6.07) is 12.0. The zero-order valence-corrected chi connectivity index (χ0v) is 19.4. The highest BCUT2D eigenvalue weighted by molar-refractivity contribution is 9.10. The van der Waals surface area contributed by atoms with E-state index in [2.05, 4.69) is 31.9 Å². The van der Waals surface area contributed by atoms with Crippen molar-refractivity contribution in [2.45, 2.75) is 19.9 Å². The molecule has 2 amide bonds. The number of halogens is 1. The van der Waals surface area contributed by atoms with E-state index in [1.54, 1.807) is 49.6 Å². The number of nitrogens with one attached hydrogen (secondary N) is 3. The molecule has 0 aromatic heterocycles. The number of carbonyl (C=O) groups is 2. The predicted octanol–water partition coefficient (Wildman–Crippen LogP) is 3.74. The fraction of sp³-hybridized carbons (Fsp3) is 0.286. The Hall–Kier alpha value is -2.49. The van der Waals surface area contributed by atoms with Gasteiger partial charge in [0.15, 0.2) is 5.11 Å². The maximum absolute atomic E-state index is 12.7. The number of thiocarbonyl (C=S) groups is 1. The molecule has 2 aromatic carbocycles. The van der Waals surface area contributed by atoms with E-state index >= 15 is 0 Å². The van der Waals surface area contributed by atoms with Crippen LogP contribution in [0.3, 0.4) is 0 Å². The molecular formula is C21H24BrN3O4S. The van der Waals surface area contributed by atoms with Crippen LogP contribution in [0.25, 0.3) is 0 Å². The van der Waals surface area contributed by atoms with Gasteiger partial charge in [-0.2, -0.15) is 0 Å². The Morgan fingerprint density at radius 1 is 1.07 bits per heavy atom. The molecule has 0 saturated heterocycles. The molecule has 2 rings (SSSR count). The highest BCUT2D eigenvalue weighted by Crippen LogP contribution is 2.23. The molecule has 0 saturated carbocycles. The number of carbonyl (C=O) groups excluding carboxylic acids is 2. The van der Waals surface area contributed by atoms with E-state index in [0.29, 0.717) is 35.8 Å². The average Bonchev–Trinajstić information content (AvgIpc) is 2.69. The van der Waals surface area contributed by atoms with Gasteiger partial charge in [-0.1, -0.05) is 15.9 Å². The molecule has 30 heavy (non-hydrogen) atoms. The quantitative estimate of drug-likeness (QED) is 0.383. The Balaban J connectivity index is 2.00. The van der Waals surface area contributed by atoms with E-state index in [4.69, 9.17) is 21.7 Å². The summed E-state index contributed by atoms with van der Waals surface area (Å²) in [7, 11) is 1.58. The molecule has 0 aliphatic rings. The third kappa shape index (κ3) is 7.40. The fourth-order valence-electron chi connectivity index (χ4n) is 2.42. The van der Waals surface area contributed by atoms with Crippen molar-refractivity contribution in [1.82, 2.24) is 10.6 Å². The number of anilines is 1. The summed E-state index contributed by atoms with van der Waals surface area (Å²) >= 11 is 8.60. The first-order chi connectivity index (χ1) is 14.3. The fourth-order valence-corrected chi connectivity index (χ4v) is 3.00. The predicted molar refractivity (Wildman–Crippen MR) is 124 cm³/mol. The van der Waals surface area contributed by atoms with Gasteiger partial charge in [0.1, 0.15) is 12.4 Å². The van der Waals surface area contributed by atoms with Crippen molar-refractivity contribution in [3.05, 3.63) is 58.1 Å². The molecule has 0 fully saturated rings. The van der Waals surface area contributed by atoms with Crippen molar-refractivity contribution >= 4 is 50.8 Å². The second-order valence-electron chi connectivity index (χ2n) is 6.60. The van der Waals surface area contributed by atoms with Gasteiger partial charge in [-0.25, -0.2) is 0 Å². The zero-order valence-electron chi connectivity index (χ0n) is 17.0. The van der Waals surface area contributed by atoms with Gasteiger partial charge in [0.05, 0.1) is 12.2 Å². The highest BCUT2D eigenvalue weighted by Gasteiger charge is 2.15. The van der Waals surface area contributed by atoms with Crippen molar-refractivity contribution in [1.29, 1.82) is 0 Å². The van der Waals surface area contributed by atoms with Gasteiger partial charge in [0, 0.05) is 28.9 Å². The number of hydrogen-bond donors (Lipinski definition) is 3. The standard InChI is InChI=1S/C21H24BrN3O4S/c1-13(2)23-19(26)14-4-7-16(8-5-14)24-21(30)25-20(27)17-12-15(22)6-9-18(17)29-11-10-28-3/h4-9,12-13H,10-11H2,1-3H3,(H,23,26)(H2,24,25,27,30). The molecule has 0 aliphatic heterocycles. The van der Waals surface area contributed by atoms with Gasteiger partial charge in [-0.15, -0.1) is 0 Å². The van der Waals surface area contributed by atoms with Crippen LogP contribution in [0.1, 0.15) is 34.6 Å². The molecule has 3 N–H and O–H groups in total. The largest absolute Gasteiger partial charge is 0.490 e. The van der Waals surface area contributed by atoms with E-state index in [1.807, 2.05) is 13.8 Å². The number of hydrogen-bond acceptors (Lipinski definition) is 5. The van der Waals surface area contributed by atoms with Crippen LogP contribution < -0.4 is 20.7 Å². The lowest BCUT2D eigenvalue weighted by molar-refractivity contribution is 0.0940. The molecule has 0 heterocycles. The molecule has 0 bridgehead atoms. The Bertz CT molecular complexity index is 904. The van der Waals surface area contributed by atoms with E-state index in [0.717, 1.165) is 4.47 Å². The first kappa shape index (κ1) is 23.8. The Labute approximate surface area is 189 Å². The Kier molecular flexibility index (Phi) is 9.22. The first-order valence-electron chi connectivity index (χ1n) is 9.24. The molecule has 2 aromatic rings. The van der Waals surface area contributed by atoms with Crippen molar-refractivity contribution in [3.63, 3.8) is 0 Å². The summed E-state index contributed by atoms with van der Waals surface area (Å²) in [5.41, 5.74) is 1.52. The summed E-state index contributed by atoms with van der Waals surface area (Å²) in [6.45, 7) is 4.52. The van der Waals surface area contributed by atoms with Gasteiger partial charge in [0.2, 0.25) is 0 Å². The number of benzene rings is 2. The molecule has 0 aliphatic carbocycles. The Morgan fingerprint density at radius 3 is 2.40 bits per heavy atom. The minimum Gasteiger partial charge on any atom is -0.490 e. The van der Waals surface area contributed by atoms with Gasteiger partial charge < -0.3 is 20.1 Å². The molecule has 0 spiro atoms. The molecule has 0 radical (unpaired) electrons. The van der Waals surface area contributed by atoms with Gasteiger partial charge in [0.25, 0.3) is 11.8 Å². The van der Waals surface area contributed by atoms with Crippen molar-refractivity contribution < 1.29 is 19.1 Å². The number of methoxy groups -OCH3 is 1. The normalized spacial score (nSPS) is 10.4. The number of amides is 2. The molecule has 0 atom stereocenters. The third-order valence-electron chi connectivity index (χ3n) is 3.78. The summed E-state index contributed by atoms with van der Waals surface area (Å²) in [6.07, 6.45) is 0. The van der Waals surface area contributed by atoms with E-state index in [1.165, 1.54) is 0 Å². The van der Waals surface area contributed by atoms with Crippen molar-refractivity contribution in [2.75, 3.05) is 25.6 Å². The minimum absolute atomic E-state index is 0.0551. The van der Waals surface area contributed by atoms with Crippen LogP contribution in [-0.2, 0) is 4.74 Å². The van der Waals surface area contributed by atoms with Crippen molar-refractivity contribution in [3.8, 4) is 5.75 Å². The van der Waals surface area contributed by atoms with Gasteiger partial charge in [-0.05, 0) is 68.5 Å². The first-order valence-corrected chi connectivity index (χ1v) is 10.4. The summed E-state index contributed by atoms with van der Waals surface area (Å²) in [5.74, 6) is -0.131. The smallest absolute Gasteiger partial charge is 0.261 e. The van der Waals surface area contributed by atoms with E-state index < -0.39 is 5.91 Å². The zero-order chi connectivity index (χ0) is 22.1. The summed E-state index contributed by atoms with van der Waals surface area (Å²) in [4.78, 5) is 24.7. The second-order valence-corrected chi connectivity index (χ2v) is 7.92. The van der Waals surface area contributed by atoms with Crippen LogP contribution >= 0.6 is 28.1 Å². The average molecular weight is 494 g/mol. The SMILES string of the molecule is COCCOc1ccc(Br)cc1C(=O)NC(=S)Nc1ccc(C(=O)NC(C)C)cc1. The van der Waals surface area contributed by atoms with E-state index in [9.17, 15) is 9.59 Å². The monoisotopic (exact) mass is 493 g/mol. The van der Waals surface area contributed by atoms with Crippen LogP contribution in [-0.4, -0.2) is 43.3 Å². The third-order valence-corrected chi connectivity index (χ3v) is 4.48. The van der Waals surface area contributed by atoms with Gasteiger partial charge in [-0.3, -0.25) is 14.9 Å². The topological polar surface area (TPSA) is 88.7 Å².